The topological polar surface area (TPSA) is 49.9 Å². The predicted molar refractivity (Wildman–Crippen MR) is 147 cm³/mol. The summed E-state index contributed by atoms with van der Waals surface area (Å²) in [5, 5.41) is 0. The zero-order chi connectivity index (χ0) is 24.6. The van der Waals surface area contributed by atoms with Crippen LogP contribution in [0.4, 0.5) is 9.59 Å². The van der Waals surface area contributed by atoms with Gasteiger partial charge in [0.1, 0.15) is 0 Å². The Bertz CT molecular complexity index is 1060. The van der Waals surface area contributed by atoms with E-state index in [1.54, 1.807) is 6.92 Å². The van der Waals surface area contributed by atoms with Crippen molar-refractivity contribution in [2.75, 3.05) is 11.0 Å². The third-order valence-electron chi connectivity index (χ3n) is 6.49. The number of urea groups is 1. The lowest BCUT2D eigenvalue weighted by Gasteiger charge is -2.48. The first-order valence-corrected chi connectivity index (χ1v) is 13.6. The molecule has 0 N–H and O–H groups in total. The first-order chi connectivity index (χ1) is 17.1. The maximum absolute atomic E-state index is 14.2. The summed E-state index contributed by atoms with van der Waals surface area (Å²) in [4.78, 5) is 30.4. The molecule has 6 heteroatoms. The summed E-state index contributed by atoms with van der Waals surface area (Å²) in [6, 6.07) is 29.7. The fourth-order valence-corrected chi connectivity index (χ4v) is 5.62. The monoisotopic (exact) mass is 582 g/mol. The van der Waals surface area contributed by atoms with E-state index in [-0.39, 0.29) is 30.8 Å². The van der Waals surface area contributed by atoms with E-state index in [1.165, 1.54) is 10.5 Å². The maximum Gasteiger partial charge on any atom is 0.418 e. The molecule has 0 radical (unpaired) electrons. The van der Waals surface area contributed by atoms with Crippen LogP contribution in [0.3, 0.4) is 0 Å². The molecule has 4 rings (SSSR count). The molecule has 0 aliphatic carbocycles. The lowest BCUT2D eigenvalue weighted by molar-refractivity contribution is 0.0440. The molecule has 3 amide bonds. The van der Waals surface area contributed by atoms with Crippen molar-refractivity contribution in [3.05, 3.63) is 108 Å². The van der Waals surface area contributed by atoms with Gasteiger partial charge < -0.3 is 9.64 Å². The predicted octanol–water partition coefficient (Wildman–Crippen LogP) is 6.87. The minimum absolute atomic E-state index is 0.0291. The zero-order valence-corrected chi connectivity index (χ0v) is 22.1. The van der Waals surface area contributed by atoms with Crippen LogP contribution in [-0.4, -0.2) is 45.0 Å². The van der Waals surface area contributed by atoms with E-state index >= 15 is 0 Å². The Hall–Kier alpha value is -2.87. The van der Waals surface area contributed by atoms with Crippen LogP contribution in [0.15, 0.2) is 91.0 Å². The molecule has 2 atom stereocenters. The van der Waals surface area contributed by atoms with Gasteiger partial charge in [0.15, 0.2) is 0 Å². The Balaban J connectivity index is 1.77. The van der Waals surface area contributed by atoms with Gasteiger partial charge >= 0.3 is 12.1 Å². The summed E-state index contributed by atoms with van der Waals surface area (Å²) in [6.07, 6.45) is 1.82. The minimum Gasteiger partial charge on any atom is -0.449 e. The summed E-state index contributed by atoms with van der Waals surface area (Å²) in [5.74, 6) is 0. The van der Waals surface area contributed by atoms with Gasteiger partial charge in [0.2, 0.25) is 0 Å². The molecular formula is C29H31IN2O3. The van der Waals surface area contributed by atoms with E-state index < -0.39 is 6.09 Å². The number of benzene rings is 3. The minimum atomic E-state index is -0.564. The molecule has 1 aliphatic rings. The number of ether oxygens (including phenoxy) is 1. The highest BCUT2D eigenvalue weighted by molar-refractivity contribution is 14.1. The molecule has 0 saturated carbocycles. The van der Waals surface area contributed by atoms with Crippen molar-refractivity contribution in [3.63, 3.8) is 0 Å². The number of hydrogen-bond donors (Lipinski definition) is 0. The average Bonchev–Trinajstić information content (AvgIpc) is 2.90. The van der Waals surface area contributed by atoms with Crippen LogP contribution in [-0.2, 0) is 11.2 Å². The molecule has 3 aromatic rings. The summed E-state index contributed by atoms with van der Waals surface area (Å²) >= 11 is 2.27. The third kappa shape index (κ3) is 5.86. The first kappa shape index (κ1) is 25.2. The number of carbonyl (C=O) groups excluding carboxylic acids is 2. The smallest absolute Gasteiger partial charge is 0.418 e. The number of rotatable bonds is 8. The molecule has 1 aliphatic heterocycles. The largest absolute Gasteiger partial charge is 0.449 e. The molecule has 35 heavy (non-hydrogen) atoms. The molecule has 1 fully saturated rings. The lowest BCUT2D eigenvalue weighted by Crippen LogP contribution is -2.62. The van der Waals surface area contributed by atoms with Crippen LogP contribution in [0.25, 0.3) is 0 Å². The number of aryl methyl sites for hydroxylation is 1. The molecule has 5 nitrogen and oxygen atoms in total. The molecule has 2 unspecified atom stereocenters. The zero-order valence-electron chi connectivity index (χ0n) is 19.9. The van der Waals surface area contributed by atoms with Gasteiger partial charge in [-0.1, -0.05) is 114 Å². The van der Waals surface area contributed by atoms with E-state index in [0.717, 1.165) is 24.0 Å². The van der Waals surface area contributed by atoms with Crippen LogP contribution < -0.4 is 0 Å². The van der Waals surface area contributed by atoms with Gasteiger partial charge in [-0.15, -0.1) is 0 Å². The van der Waals surface area contributed by atoms with Gasteiger partial charge in [0, 0.05) is 10.5 Å². The summed E-state index contributed by atoms with van der Waals surface area (Å²) in [6.45, 7) is 2.00. The van der Waals surface area contributed by atoms with Crippen molar-refractivity contribution in [2.45, 2.75) is 44.3 Å². The molecule has 1 saturated heterocycles. The average molecular weight is 582 g/mol. The molecule has 0 spiro atoms. The Morgan fingerprint density at radius 1 is 0.914 bits per heavy atom. The highest BCUT2D eigenvalue weighted by atomic mass is 127. The van der Waals surface area contributed by atoms with Gasteiger partial charge in [0.05, 0.1) is 18.7 Å². The van der Waals surface area contributed by atoms with E-state index in [0.29, 0.717) is 10.8 Å². The van der Waals surface area contributed by atoms with Crippen molar-refractivity contribution in [1.82, 2.24) is 9.80 Å². The van der Waals surface area contributed by atoms with Gasteiger partial charge in [-0.2, -0.15) is 0 Å². The van der Waals surface area contributed by atoms with Crippen LogP contribution in [0.2, 0.25) is 0 Å². The standard InChI is InChI=1S/C29H31IN2O3/c1-2-35-29(34)32-26(21-30)20-25(19-18-22-12-6-3-7-13-22)31(28(32)33)27(23-14-8-4-9-15-23)24-16-10-5-11-17-24/h3-17,25-27H,2,18-21H2,1H3. The Kier molecular flexibility index (Phi) is 8.79. The molecule has 0 aromatic heterocycles. The summed E-state index contributed by atoms with van der Waals surface area (Å²) < 4.78 is 5.99. The maximum atomic E-state index is 14.2. The van der Waals surface area contributed by atoms with Crippen molar-refractivity contribution in [3.8, 4) is 0 Å². The molecular weight excluding hydrogens is 551 g/mol. The van der Waals surface area contributed by atoms with E-state index in [2.05, 4.69) is 59.0 Å². The van der Waals surface area contributed by atoms with Gasteiger partial charge in [-0.25, -0.2) is 14.5 Å². The lowest BCUT2D eigenvalue weighted by atomic mass is 9.90. The van der Waals surface area contributed by atoms with Crippen molar-refractivity contribution < 1.29 is 14.3 Å². The highest BCUT2D eigenvalue weighted by Crippen LogP contribution is 2.38. The normalized spacial score (nSPS) is 18.1. The molecule has 1 heterocycles. The fourth-order valence-electron chi connectivity index (χ4n) is 4.86. The van der Waals surface area contributed by atoms with Crippen molar-refractivity contribution in [1.29, 1.82) is 0 Å². The van der Waals surface area contributed by atoms with Crippen LogP contribution in [0.1, 0.15) is 42.5 Å². The summed E-state index contributed by atoms with van der Waals surface area (Å²) in [5.41, 5.74) is 3.29. The van der Waals surface area contributed by atoms with Crippen LogP contribution in [0.5, 0.6) is 0 Å². The second-order valence-corrected chi connectivity index (χ2v) is 9.59. The summed E-state index contributed by atoms with van der Waals surface area (Å²) in [7, 11) is 0. The first-order valence-electron chi connectivity index (χ1n) is 12.1. The Morgan fingerprint density at radius 3 is 1.97 bits per heavy atom. The van der Waals surface area contributed by atoms with Gasteiger partial charge in [0.25, 0.3) is 0 Å². The van der Waals surface area contributed by atoms with Crippen LogP contribution in [0, 0.1) is 0 Å². The van der Waals surface area contributed by atoms with Crippen molar-refractivity contribution in [2.24, 2.45) is 0 Å². The number of imide groups is 1. The van der Waals surface area contributed by atoms with Gasteiger partial charge in [-0.05, 0) is 42.9 Å². The van der Waals surface area contributed by atoms with E-state index in [9.17, 15) is 9.59 Å². The number of hydrogen-bond acceptors (Lipinski definition) is 3. The van der Waals surface area contributed by atoms with E-state index in [4.69, 9.17) is 4.74 Å². The molecule has 0 bridgehead atoms. The second kappa shape index (κ2) is 12.2. The third-order valence-corrected chi connectivity index (χ3v) is 7.51. The number of halogens is 1. The van der Waals surface area contributed by atoms with Crippen molar-refractivity contribution >= 4 is 34.7 Å². The number of amides is 3. The number of carbonyl (C=O) groups is 2. The van der Waals surface area contributed by atoms with Crippen LogP contribution >= 0.6 is 22.6 Å². The number of alkyl halides is 1. The quantitative estimate of drug-likeness (QED) is 0.215. The Morgan fingerprint density at radius 2 is 1.46 bits per heavy atom. The SMILES string of the molecule is CCOC(=O)N1C(=O)N(C(c2ccccc2)c2ccccc2)C(CCc2ccccc2)CC1CI. The molecule has 182 valence electrons. The van der Waals surface area contributed by atoms with E-state index in [1.807, 2.05) is 59.5 Å². The van der Waals surface area contributed by atoms with Gasteiger partial charge in [-0.3, -0.25) is 0 Å². The Labute approximate surface area is 221 Å². The molecule has 3 aromatic carbocycles. The fraction of sp³-hybridized carbons (Fsp3) is 0.310. The second-order valence-electron chi connectivity index (χ2n) is 8.70. The number of nitrogens with zero attached hydrogens (tertiary/aromatic N) is 2. The highest BCUT2D eigenvalue weighted by Gasteiger charge is 2.46.